The van der Waals surface area contributed by atoms with E-state index in [2.05, 4.69) is 29.6 Å². The highest BCUT2D eigenvalue weighted by Crippen LogP contribution is 2.44. The Labute approximate surface area is 384 Å². The lowest BCUT2D eigenvalue weighted by Crippen LogP contribution is -2.27. The number of fused-ring (bicyclic) bond motifs is 3. The van der Waals surface area contributed by atoms with Crippen molar-refractivity contribution in [1.82, 2.24) is 5.32 Å². The van der Waals surface area contributed by atoms with Gasteiger partial charge in [0.05, 0.1) is 152 Å². The van der Waals surface area contributed by atoms with Crippen molar-refractivity contribution in [1.29, 1.82) is 0 Å². The summed E-state index contributed by atoms with van der Waals surface area (Å²) in [5.41, 5.74) is 11.2. The summed E-state index contributed by atoms with van der Waals surface area (Å²) in [6, 6.07) is 23.8. The highest BCUT2D eigenvalue weighted by molar-refractivity contribution is 5.79. The van der Waals surface area contributed by atoms with Gasteiger partial charge in [0.15, 0.2) is 0 Å². The van der Waals surface area contributed by atoms with Crippen LogP contribution in [0.4, 0.5) is 10.5 Å². The maximum atomic E-state index is 12.3. The number of rotatable bonds is 43. The molecule has 3 aromatic carbocycles. The van der Waals surface area contributed by atoms with Crippen LogP contribution in [0, 0.1) is 0 Å². The summed E-state index contributed by atoms with van der Waals surface area (Å²) in [6.07, 6.45) is 0.262. The van der Waals surface area contributed by atoms with E-state index in [1.54, 1.807) is 12.1 Å². The molecule has 0 spiro atoms. The van der Waals surface area contributed by atoms with E-state index in [9.17, 15) is 4.79 Å². The molecule has 17 heteroatoms. The molecular formula is C48H72N2O15. The zero-order valence-corrected chi connectivity index (χ0v) is 38.0. The van der Waals surface area contributed by atoms with Crippen LogP contribution >= 0.6 is 0 Å². The molecule has 3 aromatic rings. The molecule has 0 heterocycles. The SMILES string of the molecule is Nc1ccc(OCCOCCOCCOCCOCCOCCOCCOCCOCCOCCOCCOCCOCCCNC(=O)OCC2c3ccccc3-c3ccccc32)cc1. The predicted octanol–water partition coefficient (Wildman–Crippen LogP) is 4.78. The number of hydrogen-bond acceptors (Lipinski definition) is 16. The van der Waals surface area contributed by atoms with Crippen molar-refractivity contribution in [3.8, 4) is 16.9 Å². The molecule has 0 fully saturated rings. The Hall–Kier alpha value is -3.95. The standard InChI is InChI=1S/C48H72N2O15/c49-41-10-12-42(13-11-41)64-39-38-63-37-36-62-35-34-61-33-32-60-31-30-59-29-28-58-27-26-57-25-24-56-23-22-55-21-20-54-19-18-53-17-16-52-15-5-14-50-48(51)65-40-47-45-8-3-1-6-43(45)44-7-2-4-9-46(44)47/h1-4,6-13,47H,5,14-40,49H2,(H,50,51). The van der Waals surface area contributed by atoms with Gasteiger partial charge < -0.3 is 77.4 Å². The molecule has 0 radical (unpaired) electrons. The highest BCUT2D eigenvalue weighted by Gasteiger charge is 2.29. The van der Waals surface area contributed by atoms with Crippen molar-refractivity contribution in [2.24, 2.45) is 0 Å². The first-order valence-electron chi connectivity index (χ1n) is 22.7. The molecule has 0 atom stereocenters. The van der Waals surface area contributed by atoms with Crippen molar-refractivity contribution in [3.63, 3.8) is 0 Å². The number of benzene rings is 3. The second kappa shape index (κ2) is 37.2. The van der Waals surface area contributed by atoms with Crippen LogP contribution < -0.4 is 15.8 Å². The Morgan fingerprint density at radius 3 is 1.11 bits per heavy atom. The largest absolute Gasteiger partial charge is 0.491 e. The van der Waals surface area contributed by atoms with Gasteiger partial charge in [-0.2, -0.15) is 0 Å². The molecular weight excluding hydrogens is 845 g/mol. The first kappa shape index (κ1) is 53.7. The lowest BCUT2D eigenvalue weighted by molar-refractivity contribution is -0.0285. The Morgan fingerprint density at radius 2 is 0.738 bits per heavy atom. The van der Waals surface area contributed by atoms with Gasteiger partial charge in [-0.15, -0.1) is 0 Å². The number of hydrogen-bond donors (Lipinski definition) is 2. The first-order chi connectivity index (χ1) is 32.2. The van der Waals surface area contributed by atoms with E-state index in [4.69, 9.17) is 72.0 Å². The van der Waals surface area contributed by atoms with Crippen LogP contribution in [0.2, 0.25) is 0 Å². The zero-order valence-electron chi connectivity index (χ0n) is 38.0. The van der Waals surface area contributed by atoms with E-state index in [0.29, 0.717) is 190 Å². The molecule has 0 unspecified atom stereocenters. The van der Waals surface area contributed by atoms with E-state index in [1.165, 1.54) is 22.3 Å². The number of nitrogen functional groups attached to an aromatic ring is 1. The summed E-state index contributed by atoms with van der Waals surface area (Å²) in [6.45, 7) is 13.0. The third-order valence-corrected chi connectivity index (χ3v) is 9.55. The third kappa shape index (κ3) is 25.5. The zero-order chi connectivity index (χ0) is 45.5. The summed E-state index contributed by atoms with van der Waals surface area (Å²) in [5.74, 6) is 0.812. The van der Waals surface area contributed by atoms with Gasteiger partial charge in [0, 0.05) is 24.8 Å². The minimum atomic E-state index is -0.418. The van der Waals surface area contributed by atoms with Gasteiger partial charge in [0.2, 0.25) is 0 Å². The quantitative estimate of drug-likeness (QED) is 0.0584. The molecule has 3 N–H and O–H groups in total. The Balaban J connectivity index is 0.749. The first-order valence-corrected chi connectivity index (χ1v) is 22.7. The predicted molar refractivity (Wildman–Crippen MR) is 244 cm³/mol. The molecule has 1 aliphatic carbocycles. The summed E-state index contributed by atoms with van der Waals surface area (Å²) in [5, 5.41) is 2.81. The van der Waals surface area contributed by atoms with Gasteiger partial charge in [-0.05, 0) is 52.9 Å². The number of amides is 1. The molecule has 1 amide bonds. The summed E-state index contributed by atoms with van der Waals surface area (Å²) >= 11 is 0. The van der Waals surface area contributed by atoms with Gasteiger partial charge in [-0.3, -0.25) is 0 Å². The molecule has 0 aromatic heterocycles. The molecule has 0 bridgehead atoms. The van der Waals surface area contributed by atoms with Crippen LogP contribution in [0.15, 0.2) is 72.8 Å². The van der Waals surface area contributed by atoms with E-state index >= 15 is 0 Å². The number of alkyl carbamates (subject to hydrolysis) is 1. The van der Waals surface area contributed by atoms with Gasteiger partial charge >= 0.3 is 6.09 Å². The summed E-state index contributed by atoms with van der Waals surface area (Å²) < 4.78 is 77.4. The monoisotopic (exact) mass is 916 g/mol. The Bertz CT molecular complexity index is 1560. The maximum absolute atomic E-state index is 12.3. The summed E-state index contributed by atoms with van der Waals surface area (Å²) in [7, 11) is 0. The second-order valence-electron chi connectivity index (χ2n) is 14.4. The number of anilines is 1. The third-order valence-electron chi connectivity index (χ3n) is 9.55. The molecule has 0 saturated carbocycles. The van der Waals surface area contributed by atoms with Gasteiger partial charge in [-0.25, -0.2) is 4.79 Å². The number of ether oxygens (including phenoxy) is 14. The average molecular weight is 917 g/mol. The normalized spacial score (nSPS) is 12.1. The fourth-order valence-corrected chi connectivity index (χ4v) is 6.32. The lowest BCUT2D eigenvalue weighted by Gasteiger charge is -2.14. The van der Waals surface area contributed by atoms with Crippen LogP contribution in [-0.4, -0.2) is 184 Å². The number of nitrogens with two attached hydrogens (primary N) is 1. The molecule has 0 saturated heterocycles. The van der Waals surface area contributed by atoms with Crippen LogP contribution in [-0.2, 0) is 61.6 Å². The number of carbonyl (C=O) groups excluding carboxylic acids is 1. The highest BCUT2D eigenvalue weighted by atomic mass is 16.6. The molecule has 17 nitrogen and oxygen atoms in total. The molecule has 0 aliphatic heterocycles. The molecule has 1 aliphatic rings. The van der Waals surface area contributed by atoms with Crippen molar-refractivity contribution in [2.75, 3.05) is 184 Å². The number of nitrogens with one attached hydrogen (secondary N) is 1. The molecule has 364 valence electrons. The minimum absolute atomic E-state index is 0.0453. The minimum Gasteiger partial charge on any atom is -0.491 e. The summed E-state index contributed by atoms with van der Waals surface area (Å²) in [4.78, 5) is 12.3. The lowest BCUT2D eigenvalue weighted by atomic mass is 9.98. The van der Waals surface area contributed by atoms with E-state index in [0.717, 1.165) is 5.75 Å². The Kier molecular flexibility index (Phi) is 30.7. The van der Waals surface area contributed by atoms with Crippen molar-refractivity contribution in [3.05, 3.63) is 83.9 Å². The fourth-order valence-electron chi connectivity index (χ4n) is 6.32. The topological polar surface area (TPSA) is 184 Å². The smallest absolute Gasteiger partial charge is 0.407 e. The van der Waals surface area contributed by atoms with Crippen LogP contribution in [0.25, 0.3) is 11.1 Å². The van der Waals surface area contributed by atoms with Crippen molar-refractivity contribution < 1.29 is 71.1 Å². The van der Waals surface area contributed by atoms with Crippen LogP contribution in [0.5, 0.6) is 5.75 Å². The second-order valence-corrected chi connectivity index (χ2v) is 14.4. The molecule has 65 heavy (non-hydrogen) atoms. The van der Waals surface area contributed by atoms with Crippen molar-refractivity contribution in [2.45, 2.75) is 12.3 Å². The van der Waals surface area contributed by atoms with Gasteiger partial charge in [-0.1, -0.05) is 48.5 Å². The maximum Gasteiger partial charge on any atom is 0.407 e. The van der Waals surface area contributed by atoms with E-state index in [1.807, 2.05) is 36.4 Å². The average Bonchev–Trinajstić information content (AvgIpc) is 3.65. The van der Waals surface area contributed by atoms with Crippen LogP contribution in [0.3, 0.4) is 0 Å². The van der Waals surface area contributed by atoms with E-state index in [-0.39, 0.29) is 5.92 Å². The molecule has 4 rings (SSSR count). The fraction of sp³-hybridized carbons (Fsp3) is 0.604. The van der Waals surface area contributed by atoms with E-state index < -0.39 is 6.09 Å². The van der Waals surface area contributed by atoms with Crippen molar-refractivity contribution >= 4 is 11.8 Å². The van der Waals surface area contributed by atoms with Gasteiger partial charge in [0.25, 0.3) is 0 Å². The van der Waals surface area contributed by atoms with Gasteiger partial charge in [0.1, 0.15) is 19.0 Å². The Morgan fingerprint density at radius 1 is 0.415 bits per heavy atom. The number of carbonyl (C=O) groups is 1. The van der Waals surface area contributed by atoms with Crippen LogP contribution in [0.1, 0.15) is 23.5 Å².